The summed E-state index contributed by atoms with van der Waals surface area (Å²) >= 11 is 0. The summed E-state index contributed by atoms with van der Waals surface area (Å²) in [6.45, 7) is 1.42. The van der Waals surface area contributed by atoms with Gasteiger partial charge >= 0.3 is 0 Å². The Morgan fingerprint density at radius 2 is 1.50 bits per heavy atom. The molecule has 5 heteroatoms. The van der Waals surface area contributed by atoms with Crippen molar-refractivity contribution in [1.82, 2.24) is 0 Å². The lowest BCUT2D eigenvalue weighted by molar-refractivity contribution is -0.147. The maximum Gasteiger partial charge on any atom is 0.114 e. The predicted molar refractivity (Wildman–Crippen MR) is 51.2 cm³/mol. The topological polar surface area (TPSA) is 68.2 Å². The fraction of sp³-hybridized carbons (Fsp3) is 1.00. The molecule has 4 atom stereocenters. The molecule has 0 heterocycles. The Morgan fingerprint density at radius 3 is 1.71 bits per heavy atom. The molecule has 0 unspecified atom stereocenters. The van der Waals surface area contributed by atoms with Gasteiger partial charge in [-0.3, -0.25) is 0 Å². The van der Waals surface area contributed by atoms with Gasteiger partial charge in [-0.05, 0) is 6.92 Å². The van der Waals surface area contributed by atoms with Crippen molar-refractivity contribution >= 4 is 0 Å². The maximum atomic E-state index is 9.41. The standard InChI is InChI=1S/C9H20O5/c1-6(11)8(13-3)9(14-4)7(5-10)12-2/h6-11H,5H2,1-4H3/t6-,7+,8+,9-/m1/s1. The second-order valence-corrected chi connectivity index (χ2v) is 3.10. The van der Waals surface area contributed by atoms with Crippen LogP contribution in [0.1, 0.15) is 6.92 Å². The Labute approximate surface area is 84.6 Å². The summed E-state index contributed by atoms with van der Waals surface area (Å²) in [6.07, 6.45) is -2.19. The van der Waals surface area contributed by atoms with E-state index in [-0.39, 0.29) is 6.61 Å². The minimum atomic E-state index is -0.686. The first-order valence-corrected chi connectivity index (χ1v) is 4.49. The fourth-order valence-electron chi connectivity index (χ4n) is 1.42. The van der Waals surface area contributed by atoms with Crippen LogP contribution in [0.15, 0.2) is 0 Å². The molecule has 0 amide bonds. The van der Waals surface area contributed by atoms with Crippen molar-refractivity contribution < 1.29 is 24.4 Å². The van der Waals surface area contributed by atoms with Crippen molar-refractivity contribution in [1.29, 1.82) is 0 Å². The Hall–Kier alpha value is -0.200. The van der Waals surface area contributed by atoms with Gasteiger partial charge in [-0.25, -0.2) is 0 Å². The van der Waals surface area contributed by atoms with Crippen molar-refractivity contribution in [3.05, 3.63) is 0 Å². The molecule has 0 saturated heterocycles. The molecule has 0 spiro atoms. The Balaban J connectivity index is 4.48. The molecule has 0 bridgehead atoms. The van der Waals surface area contributed by atoms with Crippen LogP contribution in [0, 0.1) is 0 Å². The van der Waals surface area contributed by atoms with E-state index in [0.717, 1.165) is 0 Å². The van der Waals surface area contributed by atoms with Gasteiger partial charge in [-0.15, -0.1) is 0 Å². The molecule has 0 aromatic rings. The molecule has 2 N–H and O–H groups in total. The molecule has 86 valence electrons. The van der Waals surface area contributed by atoms with E-state index in [9.17, 15) is 5.11 Å². The summed E-state index contributed by atoms with van der Waals surface area (Å²) in [5.74, 6) is 0. The van der Waals surface area contributed by atoms with Crippen LogP contribution >= 0.6 is 0 Å². The van der Waals surface area contributed by atoms with Crippen molar-refractivity contribution in [3.8, 4) is 0 Å². The van der Waals surface area contributed by atoms with E-state index < -0.39 is 24.4 Å². The van der Waals surface area contributed by atoms with Crippen LogP contribution in [0.2, 0.25) is 0 Å². The average Bonchev–Trinajstić information content (AvgIpc) is 2.17. The second kappa shape index (κ2) is 7.14. The number of rotatable bonds is 7. The molecule has 0 radical (unpaired) electrons. The highest BCUT2D eigenvalue weighted by molar-refractivity contribution is 4.82. The first kappa shape index (κ1) is 13.8. The first-order valence-electron chi connectivity index (χ1n) is 4.49. The highest BCUT2D eigenvalue weighted by Gasteiger charge is 2.32. The summed E-state index contributed by atoms with van der Waals surface area (Å²) in [7, 11) is 4.44. The molecule has 0 fully saturated rings. The van der Waals surface area contributed by atoms with E-state index in [1.165, 1.54) is 21.3 Å². The SMILES string of the molecule is CO[C@H]([C@H](OC)[C@H](CO)OC)[C@@H](C)O. The quantitative estimate of drug-likeness (QED) is 0.585. The van der Waals surface area contributed by atoms with Gasteiger partial charge in [-0.2, -0.15) is 0 Å². The van der Waals surface area contributed by atoms with Crippen LogP contribution in [0.5, 0.6) is 0 Å². The number of hydrogen-bond acceptors (Lipinski definition) is 5. The van der Waals surface area contributed by atoms with E-state index >= 15 is 0 Å². The van der Waals surface area contributed by atoms with Crippen molar-refractivity contribution in [2.75, 3.05) is 27.9 Å². The normalized spacial score (nSPS) is 20.1. The lowest BCUT2D eigenvalue weighted by Gasteiger charge is -2.31. The molecule has 0 aromatic carbocycles. The smallest absolute Gasteiger partial charge is 0.114 e. The number of methoxy groups -OCH3 is 3. The van der Waals surface area contributed by atoms with E-state index in [2.05, 4.69) is 0 Å². The van der Waals surface area contributed by atoms with E-state index in [1.54, 1.807) is 6.92 Å². The molecule has 0 aliphatic heterocycles. The van der Waals surface area contributed by atoms with Gasteiger partial charge < -0.3 is 24.4 Å². The molecule has 0 rings (SSSR count). The zero-order chi connectivity index (χ0) is 11.1. The molecule has 0 aromatic heterocycles. The van der Waals surface area contributed by atoms with Crippen LogP contribution in [-0.4, -0.2) is 62.6 Å². The molecule has 14 heavy (non-hydrogen) atoms. The lowest BCUT2D eigenvalue weighted by Crippen LogP contribution is -2.48. The molecular weight excluding hydrogens is 188 g/mol. The summed E-state index contributed by atoms with van der Waals surface area (Å²) in [5, 5.41) is 18.4. The van der Waals surface area contributed by atoms with Gasteiger partial charge in [0.2, 0.25) is 0 Å². The van der Waals surface area contributed by atoms with Crippen molar-refractivity contribution in [2.24, 2.45) is 0 Å². The predicted octanol–water partition coefficient (Wildman–Crippen LogP) is -0.595. The fourth-order valence-corrected chi connectivity index (χ4v) is 1.42. The number of ether oxygens (including phenoxy) is 3. The minimum Gasteiger partial charge on any atom is -0.394 e. The van der Waals surface area contributed by atoms with Crippen LogP contribution in [0.3, 0.4) is 0 Å². The Morgan fingerprint density at radius 1 is 1.00 bits per heavy atom. The van der Waals surface area contributed by atoms with E-state index in [4.69, 9.17) is 19.3 Å². The van der Waals surface area contributed by atoms with Gasteiger partial charge in [0, 0.05) is 21.3 Å². The number of hydrogen-bond donors (Lipinski definition) is 2. The number of aliphatic hydroxyl groups excluding tert-OH is 2. The van der Waals surface area contributed by atoms with Gasteiger partial charge in [0.1, 0.15) is 18.3 Å². The summed E-state index contributed by atoms with van der Waals surface area (Å²) in [4.78, 5) is 0. The average molecular weight is 208 g/mol. The lowest BCUT2D eigenvalue weighted by atomic mass is 10.0. The molecular formula is C9H20O5. The summed E-state index contributed by atoms with van der Waals surface area (Å²) < 4.78 is 15.2. The van der Waals surface area contributed by atoms with Crippen LogP contribution < -0.4 is 0 Å². The van der Waals surface area contributed by atoms with Gasteiger partial charge in [0.15, 0.2) is 0 Å². The van der Waals surface area contributed by atoms with Crippen molar-refractivity contribution in [2.45, 2.75) is 31.3 Å². The molecule has 5 nitrogen and oxygen atoms in total. The van der Waals surface area contributed by atoms with Crippen LogP contribution in [0.25, 0.3) is 0 Å². The summed E-state index contributed by atoms with van der Waals surface area (Å²) in [5.41, 5.74) is 0. The second-order valence-electron chi connectivity index (χ2n) is 3.10. The monoisotopic (exact) mass is 208 g/mol. The third-order valence-corrected chi connectivity index (χ3v) is 2.19. The van der Waals surface area contributed by atoms with Crippen LogP contribution in [0.4, 0.5) is 0 Å². The van der Waals surface area contributed by atoms with Gasteiger partial charge in [0.05, 0.1) is 12.7 Å². The van der Waals surface area contributed by atoms with Gasteiger partial charge in [0.25, 0.3) is 0 Å². The summed E-state index contributed by atoms with van der Waals surface area (Å²) in [6, 6.07) is 0. The third kappa shape index (κ3) is 3.51. The Kier molecular flexibility index (Phi) is 7.04. The zero-order valence-corrected chi connectivity index (χ0v) is 9.14. The maximum absolute atomic E-state index is 9.41. The van der Waals surface area contributed by atoms with Crippen LogP contribution in [-0.2, 0) is 14.2 Å². The highest BCUT2D eigenvalue weighted by Crippen LogP contribution is 2.13. The van der Waals surface area contributed by atoms with E-state index in [0.29, 0.717) is 0 Å². The Bertz CT molecular complexity index is 135. The number of aliphatic hydroxyl groups is 2. The largest absolute Gasteiger partial charge is 0.394 e. The first-order chi connectivity index (χ1) is 6.62. The zero-order valence-electron chi connectivity index (χ0n) is 9.14. The molecule has 0 aliphatic carbocycles. The van der Waals surface area contributed by atoms with E-state index in [1.807, 2.05) is 0 Å². The van der Waals surface area contributed by atoms with Gasteiger partial charge in [-0.1, -0.05) is 0 Å². The highest BCUT2D eigenvalue weighted by atomic mass is 16.6. The molecule has 0 saturated carbocycles. The van der Waals surface area contributed by atoms with Crippen molar-refractivity contribution in [3.63, 3.8) is 0 Å². The molecule has 0 aliphatic rings. The third-order valence-electron chi connectivity index (χ3n) is 2.19. The minimum absolute atomic E-state index is 0.179.